The Morgan fingerprint density at radius 2 is 1.92 bits per heavy atom. The predicted molar refractivity (Wildman–Crippen MR) is 92.1 cm³/mol. The molecule has 0 saturated carbocycles. The Labute approximate surface area is 143 Å². The summed E-state index contributed by atoms with van der Waals surface area (Å²) in [6, 6.07) is 4.30. The largest absolute Gasteiger partial charge is 0.475 e. The summed E-state index contributed by atoms with van der Waals surface area (Å²) in [5.74, 6) is -1.48. The van der Waals surface area contributed by atoms with Gasteiger partial charge in [-0.25, -0.2) is 4.98 Å². The number of carbonyl (C=O) groups excluding carboxylic acids is 2. The number of carbonyl (C=O) groups is 2. The van der Waals surface area contributed by atoms with E-state index >= 15 is 0 Å². The summed E-state index contributed by atoms with van der Waals surface area (Å²) in [7, 11) is -1.65. The number of aryl methyl sites for hydroxylation is 1. The molecule has 0 aromatic carbocycles. The van der Waals surface area contributed by atoms with Gasteiger partial charge >= 0.3 is 7.12 Å². The number of pyridine rings is 1. The molecule has 2 atom stereocenters. The van der Waals surface area contributed by atoms with Gasteiger partial charge < -0.3 is 20.7 Å². The van der Waals surface area contributed by atoms with E-state index in [0.717, 1.165) is 0 Å². The van der Waals surface area contributed by atoms with E-state index < -0.39 is 30.9 Å². The SMILES string of the molecule is CCC(NC(=O)c1cccc(C)n1)C(=O)N[C@@H](CC(C)C)B(O)O. The normalized spacial score (nSPS) is 13.3. The Hall–Kier alpha value is -1.93. The highest BCUT2D eigenvalue weighted by molar-refractivity contribution is 6.43. The third kappa shape index (κ3) is 6.29. The molecule has 1 unspecified atom stereocenters. The van der Waals surface area contributed by atoms with Crippen molar-refractivity contribution >= 4 is 18.9 Å². The van der Waals surface area contributed by atoms with Crippen molar-refractivity contribution in [1.29, 1.82) is 0 Å². The first-order chi connectivity index (χ1) is 11.2. The van der Waals surface area contributed by atoms with Crippen LogP contribution in [0, 0.1) is 12.8 Å². The maximum absolute atomic E-state index is 12.3. The lowest BCUT2D eigenvalue weighted by Gasteiger charge is -2.23. The van der Waals surface area contributed by atoms with Crippen molar-refractivity contribution in [3.05, 3.63) is 29.6 Å². The lowest BCUT2D eigenvalue weighted by Crippen LogP contribution is -2.54. The molecular weight excluding hydrogens is 309 g/mol. The fraction of sp³-hybridized carbons (Fsp3) is 0.562. The van der Waals surface area contributed by atoms with E-state index in [1.807, 2.05) is 13.8 Å². The van der Waals surface area contributed by atoms with Crippen LogP contribution in [0.25, 0.3) is 0 Å². The Morgan fingerprint density at radius 1 is 1.25 bits per heavy atom. The Kier molecular flexibility index (Phi) is 7.87. The molecule has 132 valence electrons. The Balaban J connectivity index is 2.73. The maximum Gasteiger partial charge on any atom is 0.475 e. The molecule has 0 saturated heterocycles. The van der Waals surface area contributed by atoms with Crippen molar-refractivity contribution in [2.45, 2.75) is 52.5 Å². The van der Waals surface area contributed by atoms with Gasteiger partial charge in [0.05, 0.1) is 5.94 Å². The quantitative estimate of drug-likeness (QED) is 0.515. The molecule has 0 aliphatic carbocycles. The number of nitrogens with zero attached hydrogens (tertiary/aromatic N) is 1. The lowest BCUT2D eigenvalue weighted by atomic mass is 9.75. The molecular formula is C16H26BN3O4. The minimum Gasteiger partial charge on any atom is -0.426 e. The van der Waals surface area contributed by atoms with Crippen molar-refractivity contribution in [2.75, 3.05) is 0 Å². The second-order valence-electron chi connectivity index (χ2n) is 6.26. The summed E-state index contributed by atoms with van der Waals surface area (Å²) >= 11 is 0. The molecule has 0 radical (unpaired) electrons. The fourth-order valence-corrected chi connectivity index (χ4v) is 2.30. The van der Waals surface area contributed by atoms with E-state index in [4.69, 9.17) is 0 Å². The zero-order chi connectivity index (χ0) is 18.3. The first-order valence-electron chi connectivity index (χ1n) is 8.15. The molecule has 24 heavy (non-hydrogen) atoms. The van der Waals surface area contributed by atoms with E-state index in [1.165, 1.54) is 0 Å². The summed E-state index contributed by atoms with van der Waals surface area (Å²) in [4.78, 5) is 28.7. The molecule has 7 nitrogen and oxygen atoms in total. The van der Waals surface area contributed by atoms with Crippen LogP contribution in [0.2, 0.25) is 0 Å². The van der Waals surface area contributed by atoms with Crippen LogP contribution in [0.15, 0.2) is 18.2 Å². The van der Waals surface area contributed by atoms with E-state index in [1.54, 1.807) is 32.0 Å². The summed E-state index contributed by atoms with van der Waals surface area (Å²) in [6.45, 7) is 7.38. The van der Waals surface area contributed by atoms with Crippen molar-refractivity contribution in [1.82, 2.24) is 15.6 Å². The van der Waals surface area contributed by atoms with Crippen LogP contribution < -0.4 is 10.6 Å². The third-order valence-electron chi connectivity index (χ3n) is 3.56. The van der Waals surface area contributed by atoms with Crippen LogP contribution in [0.1, 0.15) is 49.8 Å². The van der Waals surface area contributed by atoms with E-state index in [2.05, 4.69) is 15.6 Å². The molecule has 0 bridgehead atoms. The monoisotopic (exact) mass is 335 g/mol. The summed E-state index contributed by atoms with van der Waals surface area (Å²) in [5, 5.41) is 24.0. The molecule has 1 heterocycles. The molecule has 0 aliphatic rings. The standard InChI is InChI=1S/C16H26BN3O4/c1-5-12(15(21)20-14(17(23)24)9-10(2)3)19-16(22)13-8-6-7-11(4)18-13/h6-8,10,12,14,23-24H,5,9H2,1-4H3,(H,19,22)(H,20,21)/t12?,14-/m0/s1. The summed E-state index contributed by atoms with van der Waals surface area (Å²) in [5.41, 5.74) is 0.947. The highest BCUT2D eigenvalue weighted by Crippen LogP contribution is 2.07. The topological polar surface area (TPSA) is 112 Å². The summed E-state index contributed by atoms with van der Waals surface area (Å²) < 4.78 is 0. The molecule has 0 spiro atoms. The van der Waals surface area contributed by atoms with E-state index in [-0.39, 0.29) is 11.6 Å². The fourth-order valence-electron chi connectivity index (χ4n) is 2.30. The van der Waals surface area contributed by atoms with Gasteiger partial charge in [0, 0.05) is 5.69 Å². The van der Waals surface area contributed by atoms with Gasteiger partial charge in [-0.3, -0.25) is 9.59 Å². The van der Waals surface area contributed by atoms with Crippen molar-refractivity contribution in [3.63, 3.8) is 0 Å². The van der Waals surface area contributed by atoms with Crippen molar-refractivity contribution in [2.24, 2.45) is 5.92 Å². The molecule has 2 amide bonds. The average Bonchev–Trinajstić information content (AvgIpc) is 2.50. The van der Waals surface area contributed by atoms with Gasteiger partial charge in [-0.15, -0.1) is 0 Å². The number of hydrogen-bond donors (Lipinski definition) is 4. The van der Waals surface area contributed by atoms with Gasteiger partial charge in [-0.1, -0.05) is 26.8 Å². The first kappa shape index (κ1) is 20.1. The van der Waals surface area contributed by atoms with Gasteiger partial charge in [0.2, 0.25) is 5.91 Å². The van der Waals surface area contributed by atoms with Gasteiger partial charge in [-0.2, -0.15) is 0 Å². The number of amides is 2. The molecule has 1 rings (SSSR count). The van der Waals surface area contributed by atoms with Crippen LogP contribution in [0.3, 0.4) is 0 Å². The van der Waals surface area contributed by atoms with Crippen LogP contribution in [-0.2, 0) is 4.79 Å². The minimum atomic E-state index is -1.65. The maximum atomic E-state index is 12.3. The van der Waals surface area contributed by atoms with Gasteiger partial charge in [0.25, 0.3) is 5.91 Å². The molecule has 1 aromatic rings. The van der Waals surface area contributed by atoms with E-state index in [9.17, 15) is 19.6 Å². The van der Waals surface area contributed by atoms with Gasteiger partial charge in [0.15, 0.2) is 0 Å². The summed E-state index contributed by atoms with van der Waals surface area (Å²) in [6.07, 6.45) is 0.798. The predicted octanol–water partition coefficient (Wildman–Crippen LogP) is 0.441. The van der Waals surface area contributed by atoms with Crippen LogP contribution in [0.5, 0.6) is 0 Å². The Bertz CT molecular complexity index is 566. The second kappa shape index (κ2) is 9.39. The molecule has 1 aromatic heterocycles. The number of aromatic nitrogens is 1. The van der Waals surface area contributed by atoms with Gasteiger partial charge in [-0.05, 0) is 37.8 Å². The Morgan fingerprint density at radius 3 is 2.42 bits per heavy atom. The van der Waals surface area contributed by atoms with E-state index in [0.29, 0.717) is 18.5 Å². The highest BCUT2D eigenvalue weighted by Gasteiger charge is 2.29. The van der Waals surface area contributed by atoms with Gasteiger partial charge in [0.1, 0.15) is 11.7 Å². The highest BCUT2D eigenvalue weighted by atomic mass is 16.4. The second-order valence-corrected chi connectivity index (χ2v) is 6.26. The van der Waals surface area contributed by atoms with Crippen LogP contribution in [-0.4, -0.2) is 45.9 Å². The minimum absolute atomic E-state index is 0.184. The molecule has 0 aliphatic heterocycles. The zero-order valence-corrected chi connectivity index (χ0v) is 14.6. The number of hydrogen-bond acceptors (Lipinski definition) is 5. The first-order valence-corrected chi connectivity index (χ1v) is 8.15. The lowest BCUT2D eigenvalue weighted by molar-refractivity contribution is -0.123. The van der Waals surface area contributed by atoms with Crippen LogP contribution in [0.4, 0.5) is 0 Å². The molecule has 4 N–H and O–H groups in total. The van der Waals surface area contributed by atoms with Crippen LogP contribution >= 0.6 is 0 Å². The number of rotatable bonds is 8. The molecule has 8 heteroatoms. The molecule has 0 fully saturated rings. The number of nitrogens with one attached hydrogen (secondary N) is 2. The van der Waals surface area contributed by atoms with Crippen molar-refractivity contribution in [3.8, 4) is 0 Å². The van der Waals surface area contributed by atoms with Crippen molar-refractivity contribution < 1.29 is 19.6 Å². The average molecular weight is 335 g/mol. The zero-order valence-electron chi connectivity index (χ0n) is 14.6. The third-order valence-corrected chi connectivity index (χ3v) is 3.56. The smallest absolute Gasteiger partial charge is 0.426 e.